The first-order valence-electron chi connectivity index (χ1n) is 5.01. The summed E-state index contributed by atoms with van der Waals surface area (Å²) in [6.07, 6.45) is 1.15. The van der Waals surface area contributed by atoms with Crippen LogP contribution in [0.25, 0.3) is 0 Å². The van der Waals surface area contributed by atoms with E-state index < -0.39 is 0 Å². The number of nitrogens with one attached hydrogen (secondary N) is 1. The van der Waals surface area contributed by atoms with Gasteiger partial charge in [0.1, 0.15) is 0 Å². The van der Waals surface area contributed by atoms with E-state index in [2.05, 4.69) is 11.4 Å². The van der Waals surface area contributed by atoms with Crippen molar-refractivity contribution >= 4 is 11.6 Å². The number of halogens is 1. The molecule has 1 heterocycles. The van der Waals surface area contributed by atoms with Gasteiger partial charge >= 0.3 is 0 Å². The van der Waals surface area contributed by atoms with Gasteiger partial charge in [0.2, 0.25) is 0 Å². The molecule has 76 valence electrons. The molecule has 3 N–H and O–H groups in total. The second-order valence-electron chi connectivity index (χ2n) is 3.74. The van der Waals surface area contributed by atoms with Crippen LogP contribution in [0.5, 0.6) is 0 Å². The lowest BCUT2D eigenvalue weighted by Gasteiger charge is -2.19. The number of nitrogens with two attached hydrogens (primary N) is 1. The predicted octanol–water partition coefficient (Wildman–Crippen LogP) is 1.95. The van der Waals surface area contributed by atoms with Gasteiger partial charge in [0.05, 0.1) is 0 Å². The van der Waals surface area contributed by atoms with Gasteiger partial charge in [0.15, 0.2) is 0 Å². The van der Waals surface area contributed by atoms with Crippen LogP contribution < -0.4 is 11.1 Å². The third-order valence-corrected chi connectivity index (χ3v) is 3.24. The summed E-state index contributed by atoms with van der Waals surface area (Å²) in [5, 5.41) is 4.29. The van der Waals surface area contributed by atoms with Crippen molar-refractivity contribution in [1.82, 2.24) is 5.32 Å². The third kappa shape index (κ3) is 1.78. The SMILES string of the molecule is NCC1CCNC1c1ccccc1Cl. The fraction of sp³-hybridized carbons (Fsp3) is 0.455. The summed E-state index contributed by atoms with van der Waals surface area (Å²) >= 11 is 6.15. The van der Waals surface area contributed by atoms with Crippen LogP contribution in [-0.4, -0.2) is 13.1 Å². The summed E-state index contributed by atoms with van der Waals surface area (Å²) in [5.74, 6) is 0.523. The first kappa shape index (κ1) is 9.97. The van der Waals surface area contributed by atoms with Crippen LogP contribution in [0, 0.1) is 5.92 Å². The van der Waals surface area contributed by atoms with Crippen molar-refractivity contribution in [1.29, 1.82) is 0 Å². The summed E-state index contributed by atoms with van der Waals surface area (Å²) in [6.45, 7) is 1.76. The molecule has 2 unspecified atom stereocenters. The Balaban J connectivity index is 2.26. The first-order valence-corrected chi connectivity index (χ1v) is 5.38. The molecule has 1 saturated heterocycles. The van der Waals surface area contributed by atoms with E-state index in [1.807, 2.05) is 18.2 Å². The van der Waals surface area contributed by atoms with Gasteiger partial charge in [-0.1, -0.05) is 29.8 Å². The van der Waals surface area contributed by atoms with Gasteiger partial charge in [-0.2, -0.15) is 0 Å². The van der Waals surface area contributed by atoms with Crippen LogP contribution in [0.1, 0.15) is 18.0 Å². The second kappa shape index (κ2) is 4.30. The highest BCUT2D eigenvalue weighted by Gasteiger charge is 2.27. The van der Waals surface area contributed by atoms with E-state index >= 15 is 0 Å². The zero-order chi connectivity index (χ0) is 9.97. The van der Waals surface area contributed by atoms with Crippen LogP contribution in [-0.2, 0) is 0 Å². The number of hydrogen-bond acceptors (Lipinski definition) is 2. The summed E-state index contributed by atoms with van der Waals surface area (Å²) in [4.78, 5) is 0. The highest BCUT2D eigenvalue weighted by molar-refractivity contribution is 6.31. The van der Waals surface area contributed by atoms with E-state index in [0.717, 1.165) is 24.5 Å². The molecule has 2 atom stereocenters. The molecule has 0 aromatic heterocycles. The molecule has 2 nitrogen and oxygen atoms in total. The highest BCUT2D eigenvalue weighted by atomic mass is 35.5. The second-order valence-corrected chi connectivity index (χ2v) is 4.14. The van der Waals surface area contributed by atoms with Crippen molar-refractivity contribution in [3.8, 4) is 0 Å². The van der Waals surface area contributed by atoms with Gasteiger partial charge in [-0.25, -0.2) is 0 Å². The summed E-state index contributed by atoms with van der Waals surface area (Å²) in [5.41, 5.74) is 6.91. The Bertz CT molecular complexity index is 314. The van der Waals surface area contributed by atoms with Gasteiger partial charge in [-0.15, -0.1) is 0 Å². The fourth-order valence-corrected chi connectivity index (χ4v) is 2.36. The van der Waals surface area contributed by atoms with Crippen LogP contribution in [0.2, 0.25) is 5.02 Å². The minimum atomic E-state index is 0.341. The van der Waals surface area contributed by atoms with Crippen molar-refractivity contribution in [2.24, 2.45) is 11.7 Å². The Kier molecular flexibility index (Phi) is 3.06. The molecule has 0 bridgehead atoms. The van der Waals surface area contributed by atoms with E-state index in [-0.39, 0.29) is 0 Å². The molecule has 1 aliphatic rings. The van der Waals surface area contributed by atoms with Gasteiger partial charge in [0.25, 0.3) is 0 Å². The summed E-state index contributed by atoms with van der Waals surface area (Å²) < 4.78 is 0. The normalized spacial score (nSPS) is 26.7. The minimum absolute atomic E-state index is 0.341. The molecule has 3 heteroatoms. The van der Waals surface area contributed by atoms with Crippen LogP contribution in [0.4, 0.5) is 0 Å². The first-order chi connectivity index (χ1) is 6.83. The lowest BCUT2D eigenvalue weighted by molar-refractivity contribution is 0.473. The van der Waals surface area contributed by atoms with Crippen LogP contribution >= 0.6 is 11.6 Å². The molecule has 0 radical (unpaired) electrons. The van der Waals surface area contributed by atoms with E-state index in [4.69, 9.17) is 17.3 Å². The smallest absolute Gasteiger partial charge is 0.0453 e. The molecule has 1 aliphatic heterocycles. The van der Waals surface area contributed by atoms with Crippen molar-refractivity contribution in [2.45, 2.75) is 12.5 Å². The standard InChI is InChI=1S/C11H15ClN2/c12-10-4-2-1-3-9(10)11-8(7-13)5-6-14-11/h1-4,8,11,14H,5-7,13H2. The predicted molar refractivity (Wildman–Crippen MR) is 59.4 cm³/mol. The van der Waals surface area contributed by atoms with E-state index in [1.54, 1.807) is 0 Å². The fourth-order valence-electron chi connectivity index (χ4n) is 2.10. The molecular weight excluding hydrogens is 196 g/mol. The zero-order valence-corrected chi connectivity index (χ0v) is 8.80. The summed E-state index contributed by atoms with van der Waals surface area (Å²) in [6, 6.07) is 8.33. The summed E-state index contributed by atoms with van der Waals surface area (Å²) in [7, 11) is 0. The Hall–Kier alpha value is -0.570. The molecule has 14 heavy (non-hydrogen) atoms. The molecule has 1 aromatic rings. The van der Waals surface area contributed by atoms with E-state index in [9.17, 15) is 0 Å². The van der Waals surface area contributed by atoms with Crippen molar-refractivity contribution in [2.75, 3.05) is 13.1 Å². The molecule has 0 saturated carbocycles. The topological polar surface area (TPSA) is 38.0 Å². The molecule has 2 rings (SSSR count). The Morgan fingerprint density at radius 1 is 1.43 bits per heavy atom. The van der Waals surface area contributed by atoms with Gasteiger partial charge in [-0.3, -0.25) is 0 Å². The maximum Gasteiger partial charge on any atom is 0.0453 e. The Morgan fingerprint density at radius 2 is 2.21 bits per heavy atom. The quantitative estimate of drug-likeness (QED) is 0.783. The van der Waals surface area contributed by atoms with E-state index in [0.29, 0.717) is 12.0 Å². The molecular formula is C11H15ClN2. The van der Waals surface area contributed by atoms with Crippen LogP contribution in [0.3, 0.4) is 0 Å². The molecule has 0 amide bonds. The Morgan fingerprint density at radius 3 is 2.93 bits per heavy atom. The average Bonchev–Trinajstić information content (AvgIpc) is 2.66. The van der Waals surface area contributed by atoms with Gasteiger partial charge in [0, 0.05) is 11.1 Å². The molecule has 1 fully saturated rings. The molecule has 0 spiro atoms. The largest absolute Gasteiger partial charge is 0.330 e. The van der Waals surface area contributed by atoms with Gasteiger partial charge in [-0.05, 0) is 37.1 Å². The maximum atomic E-state index is 6.15. The number of rotatable bonds is 2. The number of hydrogen-bond donors (Lipinski definition) is 2. The van der Waals surface area contributed by atoms with Crippen LogP contribution in [0.15, 0.2) is 24.3 Å². The maximum absolute atomic E-state index is 6.15. The molecule has 0 aliphatic carbocycles. The van der Waals surface area contributed by atoms with Crippen molar-refractivity contribution in [3.63, 3.8) is 0 Å². The van der Waals surface area contributed by atoms with Gasteiger partial charge < -0.3 is 11.1 Å². The van der Waals surface area contributed by atoms with Crippen molar-refractivity contribution in [3.05, 3.63) is 34.9 Å². The Labute approximate surface area is 89.4 Å². The van der Waals surface area contributed by atoms with E-state index in [1.165, 1.54) is 5.56 Å². The monoisotopic (exact) mass is 210 g/mol. The third-order valence-electron chi connectivity index (χ3n) is 2.89. The minimum Gasteiger partial charge on any atom is -0.330 e. The lowest BCUT2D eigenvalue weighted by Crippen LogP contribution is -2.23. The average molecular weight is 211 g/mol. The van der Waals surface area contributed by atoms with Crippen molar-refractivity contribution < 1.29 is 0 Å². The highest BCUT2D eigenvalue weighted by Crippen LogP contribution is 2.32. The zero-order valence-electron chi connectivity index (χ0n) is 8.04. The molecule has 1 aromatic carbocycles. The number of benzene rings is 1. The lowest BCUT2D eigenvalue weighted by atomic mass is 9.94.